The van der Waals surface area contributed by atoms with E-state index in [4.69, 9.17) is 4.42 Å². The van der Waals surface area contributed by atoms with E-state index in [-0.39, 0.29) is 18.4 Å². The van der Waals surface area contributed by atoms with Crippen LogP contribution in [-0.2, 0) is 6.54 Å². The normalized spacial score (nSPS) is 13.0. The Kier molecular flexibility index (Phi) is 4.02. The summed E-state index contributed by atoms with van der Waals surface area (Å²) in [6, 6.07) is 23.9. The van der Waals surface area contributed by atoms with Gasteiger partial charge in [0.2, 0.25) is 11.8 Å². The van der Waals surface area contributed by atoms with Gasteiger partial charge in [0.05, 0.1) is 17.7 Å². The van der Waals surface area contributed by atoms with Gasteiger partial charge in [-0.05, 0) is 35.9 Å². The monoisotopic (exact) mass is 381 g/mol. The average Bonchev–Trinajstić information content (AvgIpc) is 3.35. The fourth-order valence-corrected chi connectivity index (χ4v) is 3.37. The number of carbonyl (C=O) groups excluding carboxylic acids is 2. The van der Waals surface area contributed by atoms with E-state index in [1.54, 1.807) is 18.2 Å². The van der Waals surface area contributed by atoms with Gasteiger partial charge in [-0.15, -0.1) is 10.2 Å². The molecule has 0 atom stereocenters. The topological polar surface area (TPSA) is 76.3 Å². The highest BCUT2D eigenvalue weighted by molar-refractivity contribution is 6.21. The van der Waals surface area contributed by atoms with Crippen LogP contribution in [0.25, 0.3) is 22.9 Å². The molecule has 29 heavy (non-hydrogen) atoms. The third-order valence-electron chi connectivity index (χ3n) is 4.85. The van der Waals surface area contributed by atoms with Crippen molar-refractivity contribution in [1.29, 1.82) is 0 Å². The molecule has 1 aromatic heterocycles. The average molecular weight is 381 g/mol. The number of imide groups is 1. The van der Waals surface area contributed by atoms with Crippen LogP contribution in [-0.4, -0.2) is 26.9 Å². The number of benzene rings is 3. The number of aromatic nitrogens is 2. The van der Waals surface area contributed by atoms with E-state index in [0.29, 0.717) is 28.5 Å². The number of rotatable bonds is 4. The van der Waals surface area contributed by atoms with E-state index in [2.05, 4.69) is 10.2 Å². The number of fused-ring (bicyclic) bond motifs is 1. The molecule has 3 aromatic carbocycles. The van der Waals surface area contributed by atoms with Gasteiger partial charge >= 0.3 is 0 Å². The van der Waals surface area contributed by atoms with Crippen LogP contribution in [0, 0.1) is 0 Å². The van der Waals surface area contributed by atoms with E-state index in [0.717, 1.165) is 11.1 Å². The summed E-state index contributed by atoms with van der Waals surface area (Å²) in [4.78, 5) is 26.8. The minimum atomic E-state index is -0.321. The molecule has 0 radical (unpaired) electrons. The molecule has 2 heterocycles. The largest absolute Gasteiger partial charge is 0.416 e. The lowest BCUT2D eigenvalue weighted by atomic mass is 10.1. The first-order valence-corrected chi connectivity index (χ1v) is 9.14. The molecule has 1 aliphatic heterocycles. The fourth-order valence-electron chi connectivity index (χ4n) is 3.37. The highest BCUT2D eigenvalue weighted by Crippen LogP contribution is 2.30. The lowest BCUT2D eigenvalue weighted by Crippen LogP contribution is -2.29. The van der Waals surface area contributed by atoms with E-state index >= 15 is 0 Å². The molecule has 0 spiro atoms. The minimum absolute atomic E-state index is 0.237. The summed E-state index contributed by atoms with van der Waals surface area (Å²) in [5.74, 6) is 0.0806. The van der Waals surface area contributed by atoms with E-state index in [1.807, 2.05) is 60.7 Å². The molecule has 6 heteroatoms. The van der Waals surface area contributed by atoms with Gasteiger partial charge in [-0.25, -0.2) is 0 Å². The zero-order chi connectivity index (χ0) is 19.8. The molecule has 4 aromatic rings. The lowest BCUT2D eigenvalue weighted by molar-refractivity contribution is 0.0642. The standard InChI is InChI=1S/C23H15N3O3/c27-22-18-12-11-17(21-25-24-20(29-21)16-9-5-2-6-10-16)13-19(18)23(28)26(22)14-15-7-3-1-4-8-15/h1-13H,14H2. The van der Waals surface area contributed by atoms with E-state index < -0.39 is 0 Å². The Morgan fingerprint density at radius 3 is 2.03 bits per heavy atom. The van der Waals surface area contributed by atoms with Gasteiger partial charge < -0.3 is 4.42 Å². The third kappa shape index (κ3) is 3.00. The van der Waals surface area contributed by atoms with Crippen molar-refractivity contribution in [3.8, 4) is 22.9 Å². The van der Waals surface area contributed by atoms with E-state index in [9.17, 15) is 9.59 Å². The third-order valence-corrected chi connectivity index (χ3v) is 4.85. The van der Waals surface area contributed by atoms with Gasteiger partial charge in [0.15, 0.2) is 0 Å². The molecule has 0 N–H and O–H groups in total. The fraction of sp³-hybridized carbons (Fsp3) is 0.0435. The smallest absolute Gasteiger partial charge is 0.261 e. The van der Waals surface area contributed by atoms with Crippen molar-refractivity contribution in [3.63, 3.8) is 0 Å². The maximum absolute atomic E-state index is 12.9. The maximum Gasteiger partial charge on any atom is 0.261 e. The Morgan fingerprint density at radius 1 is 0.690 bits per heavy atom. The Hall–Kier alpha value is -4.06. The van der Waals surface area contributed by atoms with Crippen LogP contribution in [0.1, 0.15) is 26.3 Å². The summed E-state index contributed by atoms with van der Waals surface area (Å²) in [5, 5.41) is 8.17. The van der Waals surface area contributed by atoms with Crippen LogP contribution in [0.2, 0.25) is 0 Å². The molecule has 0 aliphatic carbocycles. The van der Waals surface area contributed by atoms with Crippen LogP contribution in [0.5, 0.6) is 0 Å². The van der Waals surface area contributed by atoms with Crippen molar-refractivity contribution in [3.05, 3.63) is 95.6 Å². The van der Waals surface area contributed by atoms with Crippen molar-refractivity contribution in [1.82, 2.24) is 15.1 Å². The van der Waals surface area contributed by atoms with Crippen molar-refractivity contribution in [2.24, 2.45) is 0 Å². The quantitative estimate of drug-likeness (QED) is 0.495. The number of hydrogen-bond donors (Lipinski definition) is 0. The molecule has 2 amide bonds. The minimum Gasteiger partial charge on any atom is -0.416 e. The maximum atomic E-state index is 12.9. The highest BCUT2D eigenvalue weighted by Gasteiger charge is 2.36. The van der Waals surface area contributed by atoms with Crippen LogP contribution in [0.3, 0.4) is 0 Å². The summed E-state index contributed by atoms with van der Waals surface area (Å²) < 4.78 is 5.77. The predicted octanol–water partition coefficient (Wildman–Crippen LogP) is 4.20. The number of hydrogen-bond acceptors (Lipinski definition) is 5. The molecular weight excluding hydrogens is 366 g/mol. The zero-order valence-electron chi connectivity index (χ0n) is 15.3. The molecule has 140 valence electrons. The Labute approximate surface area is 166 Å². The van der Waals surface area contributed by atoms with Crippen LogP contribution in [0.4, 0.5) is 0 Å². The summed E-state index contributed by atoms with van der Waals surface area (Å²) in [5.41, 5.74) is 3.04. The van der Waals surface area contributed by atoms with Gasteiger partial charge in [-0.3, -0.25) is 14.5 Å². The van der Waals surface area contributed by atoms with Crippen molar-refractivity contribution >= 4 is 11.8 Å². The molecule has 0 saturated heterocycles. The number of carbonyl (C=O) groups is 2. The van der Waals surface area contributed by atoms with Gasteiger partial charge in [-0.1, -0.05) is 48.5 Å². The number of nitrogens with zero attached hydrogens (tertiary/aromatic N) is 3. The number of amides is 2. The van der Waals surface area contributed by atoms with Gasteiger partial charge in [0.25, 0.3) is 11.8 Å². The molecule has 0 fully saturated rings. The van der Waals surface area contributed by atoms with Crippen molar-refractivity contribution < 1.29 is 14.0 Å². The molecule has 5 rings (SSSR count). The predicted molar refractivity (Wildman–Crippen MR) is 106 cm³/mol. The van der Waals surface area contributed by atoms with Crippen LogP contribution in [0.15, 0.2) is 83.3 Å². The molecule has 0 bridgehead atoms. The van der Waals surface area contributed by atoms with Gasteiger partial charge in [0.1, 0.15) is 0 Å². The van der Waals surface area contributed by atoms with E-state index in [1.165, 1.54) is 4.90 Å². The molecular formula is C23H15N3O3. The Balaban J connectivity index is 1.45. The SMILES string of the molecule is O=C1c2ccc(-c3nnc(-c4ccccc4)o3)cc2C(=O)N1Cc1ccccc1. The molecule has 0 unspecified atom stereocenters. The molecule has 0 saturated carbocycles. The van der Waals surface area contributed by atoms with Crippen LogP contribution >= 0.6 is 0 Å². The Bertz CT molecular complexity index is 1220. The first-order chi connectivity index (χ1) is 14.2. The second-order valence-corrected chi connectivity index (χ2v) is 6.72. The second-order valence-electron chi connectivity index (χ2n) is 6.72. The highest BCUT2D eigenvalue weighted by atomic mass is 16.4. The van der Waals surface area contributed by atoms with Crippen molar-refractivity contribution in [2.75, 3.05) is 0 Å². The van der Waals surface area contributed by atoms with Gasteiger partial charge in [0, 0.05) is 11.1 Å². The van der Waals surface area contributed by atoms with Gasteiger partial charge in [-0.2, -0.15) is 0 Å². The van der Waals surface area contributed by atoms with Crippen molar-refractivity contribution in [2.45, 2.75) is 6.54 Å². The first-order valence-electron chi connectivity index (χ1n) is 9.14. The lowest BCUT2D eigenvalue weighted by Gasteiger charge is -2.13. The first kappa shape index (κ1) is 17.1. The summed E-state index contributed by atoms with van der Waals surface area (Å²) >= 11 is 0. The summed E-state index contributed by atoms with van der Waals surface area (Å²) in [7, 11) is 0. The second kappa shape index (κ2) is 6.83. The zero-order valence-corrected chi connectivity index (χ0v) is 15.3. The summed E-state index contributed by atoms with van der Waals surface area (Å²) in [6.07, 6.45) is 0. The summed E-state index contributed by atoms with van der Waals surface area (Å²) in [6.45, 7) is 0.237. The Morgan fingerprint density at radius 2 is 1.31 bits per heavy atom. The molecule has 6 nitrogen and oxygen atoms in total. The van der Waals surface area contributed by atoms with Crippen LogP contribution < -0.4 is 0 Å². The molecule has 1 aliphatic rings.